The molecule has 3 rings (SSSR count). The Balaban J connectivity index is 1.88. The van der Waals surface area contributed by atoms with Crippen molar-refractivity contribution in [3.8, 4) is 17.2 Å². The molecule has 0 aromatic heterocycles. The SMILES string of the molecule is COc1ccccc1Nc1ccc2c(c1)OCO2. The fraction of sp³-hybridized carbons (Fsp3) is 0.143. The van der Waals surface area contributed by atoms with Gasteiger partial charge in [0.05, 0.1) is 12.8 Å². The van der Waals surface area contributed by atoms with E-state index in [-0.39, 0.29) is 6.79 Å². The average molecular weight is 243 g/mol. The van der Waals surface area contributed by atoms with Gasteiger partial charge in [0.15, 0.2) is 11.5 Å². The maximum atomic E-state index is 5.34. The largest absolute Gasteiger partial charge is 0.495 e. The van der Waals surface area contributed by atoms with Gasteiger partial charge in [-0.05, 0) is 24.3 Å². The molecule has 0 saturated carbocycles. The van der Waals surface area contributed by atoms with Gasteiger partial charge in [0, 0.05) is 11.8 Å². The van der Waals surface area contributed by atoms with E-state index < -0.39 is 0 Å². The zero-order valence-corrected chi connectivity index (χ0v) is 9.97. The van der Waals surface area contributed by atoms with Crippen LogP contribution >= 0.6 is 0 Å². The zero-order chi connectivity index (χ0) is 12.4. The Bertz CT molecular complexity index is 569. The third kappa shape index (κ3) is 1.93. The van der Waals surface area contributed by atoms with Gasteiger partial charge in [-0.25, -0.2) is 0 Å². The summed E-state index contributed by atoms with van der Waals surface area (Å²) in [6.45, 7) is 0.285. The van der Waals surface area contributed by atoms with E-state index >= 15 is 0 Å². The maximum absolute atomic E-state index is 5.34. The molecule has 0 spiro atoms. The van der Waals surface area contributed by atoms with E-state index in [1.54, 1.807) is 7.11 Å². The minimum absolute atomic E-state index is 0.285. The van der Waals surface area contributed by atoms with Crippen LogP contribution in [0.2, 0.25) is 0 Å². The van der Waals surface area contributed by atoms with Crippen molar-refractivity contribution in [1.82, 2.24) is 0 Å². The summed E-state index contributed by atoms with van der Waals surface area (Å²) in [5, 5.41) is 3.29. The lowest BCUT2D eigenvalue weighted by atomic mass is 10.2. The van der Waals surface area contributed by atoms with Crippen molar-refractivity contribution >= 4 is 11.4 Å². The molecule has 2 aromatic carbocycles. The number of benzene rings is 2. The molecule has 1 N–H and O–H groups in total. The van der Waals surface area contributed by atoms with Gasteiger partial charge in [-0.3, -0.25) is 0 Å². The number of hydrogen-bond donors (Lipinski definition) is 1. The van der Waals surface area contributed by atoms with Crippen molar-refractivity contribution < 1.29 is 14.2 Å². The molecule has 0 amide bonds. The van der Waals surface area contributed by atoms with E-state index in [4.69, 9.17) is 14.2 Å². The molecular weight excluding hydrogens is 230 g/mol. The summed E-state index contributed by atoms with van der Waals surface area (Å²) in [4.78, 5) is 0. The van der Waals surface area contributed by atoms with Crippen LogP contribution in [0.1, 0.15) is 0 Å². The number of nitrogens with one attached hydrogen (secondary N) is 1. The third-order valence-corrected chi connectivity index (χ3v) is 2.76. The molecule has 1 aliphatic heterocycles. The molecule has 4 nitrogen and oxygen atoms in total. The van der Waals surface area contributed by atoms with Crippen LogP contribution in [0, 0.1) is 0 Å². The second kappa shape index (κ2) is 4.49. The van der Waals surface area contributed by atoms with Gasteiger partial charge in [-0.15, -0.1) is 0 Å². The number of rotatable bonds is 3. The van der Waals surface area contributed by atoms with Gasteiger partial charge >= 0.3 is 0 Å². The number of hydrogen-bond acceptors (Lipinski definition) is 4. The Morgan fingerprint density at radius 1 is 1.06 bits per heavy atom. The van der Waals surface area contributed by atoms with E-state index in [1.807, 2.05) is 42.5 Å². The molecule has 0 radical (unpaired) electrons. The summed E-state index contributed by atoms with van der Waals surface area (Å²) in [6, 6.07) is 13.5. The summed E-state index contributed by atoms with van der Waals surface area (Å²) in [5.41, 5.74) is 1.85. The molecule has 0 unspecified atom stereocenters. The summed E-state index contributed by atoms with van der Waals surface area (Å²) < 4.78 is 15.9. The quantitative estimate of drug-likeness (QED) is 0.898. The highest BCUT2D eigenvalue weighted by molar-refractivity contribution is 5.68. The Kier molecular flexibility index (Phi) is 2.68. The lowest BCUT2D eigenvalue weighted by Gasteiger charge is -2.11. The molecule has 92 valence electrons. The van der Waals surface area contributed by atoms with E-state index in [9.17, 15) is 0 Å². The molecule has 0 saturated heterocycles. The van der Waals surface area contributed by atoms with E-state index in [2.05, 4.69) is 5.32 Å². The first-order chi connectivity index (χ1) is 8.86. The molecule has 4 heteroatoms. The molecular formula is C14H13NO3. The predicted molar refractivity (Wildman–Crippen MR) is 68.8 cm³/mol. The van der Waals surface area contributed by atoms with E-state index in [0.717, 1.165) is 28.6 Å². The molecule has 0 atom stereocenters. The van der Waals surface area contributed by atoms with E-state index in [1.165, 1.54) is 0 Å². The van der Waals surface area contributed by atoms with Gasteiger partial charge in [0.1, 0.15) is 5.75 Å². The first-order valence-corrected chi connectivity index (χ1v) is 5.66. The van der Waals surface area contributed by atoms with Gasteiger partial charge in [0.2, 0.25) is 6.79 Å². The highest BCUT2D eigenvalue weighted by Crippen LogP contribution is 2.36. The van der Waals surface area contributed by atoms with Gasteiger partial charge < -0.3 is 19.5 Å². The van der Waals surface area contributed by atoms with Crippen molar-refractivity contribution in [3.63, 3.8) is 0 Å². The van der Waals surface area contributed by atoms with Crippen molar-refractivity contribution in [2.24, 2.45) is 0 Å². The Morgan fingerprint density at radius 3 is 2.78 bits per heavy atom. The molecule has 0 aliphatic carbocycles. The number of methoxy groups -OCH3 is 1. The fourth-order valence-electron chi connectivity index (χ4n) is 1.88. The van der Waals surface area contributed by atoms with Crippen LogP contribution in [0.5, 0.6) is 17.2 Å². The van der Waals surface area contributed by atoms with Crippen LogP contribution in [-0.2, 0) is 0 Å². The third-order valence-electron chi connectivity index (χ3n) is 2.76. The number of anilines is 2. The normalized spacial score (nSPS) is 12.3. The van der Waals surface area contributed by atoms with Crippen LogP contribution in [0.3, 0.4) is 0 Å². The minimum Gasteiger partial charge on any atom is -0.495 e. The molecule has 0 bridgehead atoms. The Labute approximate surface area is 105 Å². The number of fused-ring (bicyclic) bond motifs is 1. The summed E-state index contributed by atoms with van der Waals surface area (Å²) in [5.74, 6) is 2.34. The summed E-state index contributed by atoms with van der Waals surface area (Å²) in [7, 11) is 1.65. The van der Waals surface area contributed by atoms with Crippen molar-refractivity contribution in [2.45, 2.75) is 0 Å². The second-order valence-corrected chi connectivity index (χ2v) is 3.89. The first-order valence-electron chi connectivity index (χ1n) is 5.66. The van der Waals surface area contributed by atoms with Gasteiger partial charge in [-0.1, -0.05) is 12.1 Å². The second-order valence-electron chi connectivity index (χ2n) is 3.89. The van der Waals surface area contributed by atoms with Crippen LogP contribution in [0.15, 0.2) is 42.5 Å². The number of ether oxygens (including phenoxy) is 3. The first kappa shape index (κ1) is 10.8. The molecule has 0 fully saturated rings. The maximum Gasteiger partial charge on any atom is 0.231 e. The predicted octanol–water partition coefficient (Wildman–Crippen LogP) is 3.17. The smallest absolute Gasteiger partial charge is 0.231 e. The molecule has 18 heavy (non-hydrogen) atoms. The molecule has 1 heterocycles. The molecule has 2 aromatic rings. The van der Waals surface area contributed by atoms with Crippen molar-refractivity contribution in [2.75, 3.05) is 19.2 Å². The van der Waals surface area contributed by atoms with Crippen LogP contribution in [0.25, 0.3) is 0 Å². The highest BCUT2D eigenvalue weighted by atomic mass is 16.7. The van der Waals surface area contributed by atoms with Crippen LogP contribution < -0.4 is 19.5 Å². The average Bonchev–Trinajstić information content (AvgIpc) is 2.87. The Morgan fingerprint density at radius 2 is 1.89 bits per heavy atom. The summed E-state index contributed by atoms with van der Waals surface area (Å²) >= 11 is 0. The topological polar surface area (TPSA) is 39.7 Å². The Hall–Kier alpha value is -2.36. The van der Waals surface area contributed by atoms with Crippen molar-refractivity contribution in [3.05, 3.63) is 42.5 Å². The monoisotopic (exact) mass is 243 g/mol. The lowest BCUT2D eigenvalue weighted by molar-refractivity contribution is 0.174. The van der Waals surface area contributed by atoms with Gasteiger partial charge in [0.25, 0.3) is 0 Å². The van der Waals surface area contributed by atoms with Crippen molar-refractivity contribution in [1.29, 1.82) is 0 Å². The van der Waals surface area contributed by atoms with Crippen LogP contribution in [-0.4, -0.2) is 13.9 Å². The zero-order valence-electron chi connectivity index (χ0n) is 9.97. The number of para-hydroxylation sites is 2. The lowest BCUT2D eigenvalue weighted by Crippen LogP contribution is -1.94. The standard InChI is InChI=1S/C14H13NO3/c1-16-12-5-3-2-4-11(12)15-10-6-7-13-14(8-10)18-9-17-13/h2-8,15H,9H2,1H3. The van der Waals surface area contributed by atoms with Crippen LogP contribution in [0.4, 0.5) is 11.4 Å². The summed E-state index contributed by atoms with van der Waals surface area (Å²) in [6.07, 6.45) is 0. The highest BCUT2D eigenvalue weighted by Gasteiger charge is 2.13. The fourth-order valence-corrected chi connectivity index (χ4v) is 1.88. The minimum atomic E-state index is 0.285. The van der Waals surface area contributed by atoms with E-state index in [0.29, 0.717) is 0 Å². The van der Waals surface area contributed by atoms with Gasteiger partial charge in [-0.2, -0.15) is 0 Å². The molecule has 1 aliphatic rings.